The molecule has 0 spiro atoms. The van der Waals surface area contributed by atoms with Crippen LogP contribution in [0.1, 0.15) is 10.7 Å². The molecule has 0 saturated heterocycles. The van der Waals surface area contributed by atoms with Crippen LogP contribution in [0, 0.1) is 0 Å². The summed E-state index contributed by atoms with van der Waals surface area (Å²) in [7, 11) is 3.42. The number of amides is 1. The van der Waals surface area contributed by atoms with Gasteiger partial charge in [0.05, 0.1) is 17.9 Å². The summed E-state index contributed by atoms with van der Waals surface area (Å²) in [6, 6.07) is 0. The predicted molar refractivity (Wildman–Crippen MR) is 68.3 cm³/mol. The highest BCUT2D eigenvalue weighted by atomic mass is 32.2. The number of likely N-dealkylation sites (N-methyl/N-ethyl adjacent to an activating group) is 1. The van der Waals surface area contributed by atoms with Gasteiger partial charge in [-0.15, -0.1) is 23.1 Å². The summed E-state index contributed by atoms with van der Waals surface area (Å²) in [4.78, 5) is 27.6. The first-order valence-electron chi connectivity index (χ1n) is 4.92. The number of carbonyl (C=O) groups excluding carboxylic acids is 1. The van der Waals surface area contributed by atoms with Gasteiger partial charge in [-0.05, 0) is 0 Å². The van der Waals surface area contributed by atoms with Crippen molar-refractivity contribution in [3.8, 4) is 0 Å². The van der Waals surface area contributed by atoms with E-state index in [0.717, 1.165) is 10.7 Å². The van der Waals surface area contributed by atoms with Gasteiger partial charge in [-0.25, -0.2) is 4.98 Å². The van der Waals surface area contributed by atoms with E-state index in [-0.39, 0.29) is 11.7 Å². The summed E-state index contributed by atoms with van der Waals surface area (Å²) in [6.45, 7) is 0. The van der Waals surface area contributed by atoms with Crippen LogP contribution in [0.25, 0.3) is 0 Å². The second-order valence-electron chi connectivity index (χ2n) is 3.58. The lowest BCUT2D eigenvalue weighted by molar-refractivity contribution is -0.134. The quantitative estimate of drug-likeness (QED) is 0.841. The fourth-order valence-electron chi connectivity index (χ4n) is 1.03. The standard InChI is InChI=1S/C10H14N2O3S2/c1-12(2)9(13)3-8-11-7(5-17-8)4-16-6-10(14)15/h5H,3-4,6H2,1-2H3,(H,14,15). The van der Waals surface area contributed by atoms with Crippen molar-refractivity contribution in [2.45, 2.75) is 12.2 Å². The molecule has 0 unspecified atom stereocenters. The van der Waals surface area contributed by atoms with Gasteiger partial charge in [0.1, 0.15) is 5.01 Å². The molecule has 5 nitrogen and oxygen atoms in total. The van der Waals surface area contributed by atoms with Gasteiger partial charge in [0.2, 0.25) is 5.91 Å². The van der Waals surface area contributed by atoms with Gasteiger partial charge in [-0.1, -0.05) is 0 Å². The van der Waals surface area contributed by atoms with Gasteiger partial charge < -0.3 is 10.0 Å². The number of rotatable bonds is 6. The van der Waals surface area contributed by atoms with Crippen LogP contribution in [0.15, 0.2) is 5.38 Å². The van der Waals surface area contributed by atoms with Crippen LogP contribution in [0.3, 0.4) is 0 Å². The zero-order chi connectivity index (χ0) is 12.8. The van der Waals surface area contributed by atoms with E-state index in [0.29, 0.717) is 12.2 Å². The third kappa shape index (κ3) is 5.18. The molecule has 0 bridgehead atoms. The molecule has 0 fully saturated rings. The summed E-state index contributed by atoms with van der Waals surface area (Å²) in [5.41, 5.74) is 0.836. The number of carboxylic acid groups (broad SMARTS) is 1. The Morgan fingerprint density at radius 1 is 1.53 bits per heavy atom. The van der Waals surface area contributed by atoms with Crippen molar-refractivity contribution in [3.05, 3.63) is 16.1 Å². The maximum Gasteiger partial charge on any atom is 0.313 e. The van der Waals surface area contributed by atoms with Crippen molar-refractivity contribution in [2.24, 2.45) is 0 Å². The van der Waals surface area contributed by atoms with Crippen LogP contribution in [-0.4, -0.2) is 46.7 Å². The third-order valence-electron chi connectivity index (χ3n) is 1.88. The lowest BCUT2D eigenvalue weighted by atomic mass is 10.4. The van der Waals surface area contributed by atoms with Crippen LogP contribution < -0.4 is 0 Å². The zero-order valence-corrected chi connectivity index (χ0v) is 11.3. The minimum Gasteiger partial charge on any atom is -0.481 e. The van der Waals surface area contributed by atoms with Crippen molar-refractivity contribution in [2.75, 3.05) is 19.8 Å². The lowest BCUT2D eigenvalue weighted by Gasteiger charge is -2.07. The number of aliphatic carboxylic acids is 1. The first kappa shape index (κ1) is 14.0. The molecular weight excluding hydrogens is 260 g/mol. The normalized spacial score (nSPS) is 10.2. The fourth-order valence-corrected chi connectivity index (χ4v) is 2.55. The Kier molecular flexibility index (Phi) is 5.43. The average Bonchev–Trinajstić information content (AvgIpc) is 2.65. The topological polar surface area (TPSA) is 70.5 Å². The Morgan fingerprint density at radius 3 is 2.82 bits per heavy atom. The Bertz CT molecular complexity index is 404. The molecule has 1 aromatic rings. The fraction of sp³-hybridized carbons (Fsp3) is 0.500. The first-order chi connectivity index (χ1) is 7.99. The van der Waals surface area contributed by atoms with Gasteiger partial charge in [-0.2, -0.15) is 0 Å². The number of carbonyl (C=O) groups is 2. The number of hydrogen-bond acceptors (Lipinski definition) is 5. The Morgan fingerprint density at radius 2 is 2.24 bits per heavy atom. The highest BCUT2D eigenvalue weighted by molar-refractivity contribution is 7.99. The van der Waals surface area contributed by atoms with Crippen LogP contribution in [-0.2, 0) is 21.8 Å². The molecule has 1 rings (SSSR count). The number of hydrogen-bond donors (Lipinski definition) is 1. The largest absolute Gasteiger partial charge is 0.481 e. The van der Waals surface area contributed by atoms with E-state index < -0.39 is 5.97 Å². The number of thioether (sulfide) groups is 1. The van der Waals surface area contributed by atoms with E-state index in [4.69, 9.17) is 5.11 Å². The molecule has 7 heteroatoms. The molecular formula is C10H14N2O3S2. The van der Waals surface area contributed by atoms with Crippen molar-refractivity contribution >= 4 is 35.0 Å². The van der Waals surface area contributed by atoms with E-state index in [2.05, 4.69) is 4.98 Å². The molecule has 0 aliphatic heterocycles. The van der Waals surface area contributed by atoms with Gasteiger partial charge in [0, 0.05) is 25.2 Å². The summed E-state index contributed by atoms with van der Waals surface area (Å²) >= 11 is 2.74. The lowest BCUT2D eigenvalue weighted by Crippen LogP contribution is -2.23. The molecule has 0 aromatic carbocycles. The van der Waals surface area contributed by atoms with Gasteiger partial charge in [0.25, 0.3) is 0 Å². The molecule has 0 radical (unpaired) electrons. The number of nitrogens with zero attached hydrogens (tertiary/aromatic N) is 2. The molecule has 1 N–H and O–H groups in total. The van der Waals surface area contributed by atoms with Gasteiger partial charge in [0.15, 0.2) is 0 Å². The molecule has 1 aromatic heterocycles. The van der Waals surface area contributed by atoms with Crippen molar-refractivity contribution < 1.29 is 14.7 Å². The maximum absolute atomic E-state index is 11.4. The average molecular weight is 274 g/mol. The van der Waals surface area contributed by atoms with Crippen LogP contribution in [0.4, 0.5) is 0 Å². The first-order valence-corrected chi connectivity index (χ1v) is 6.95. The smallest absolute Gasteiger partial charge is 0.313 e. The number of thiazole rings is 1. The monoisotopic (exact) mass is 274 g/mol. The highest BCUT2D eigenvalue weighted by Crippen LogP contribution is 2.16. The van der Waals surface area contributed by atoms with Crippen LogP contribution >= 0.6 is 23.1 Å². The summed E-state index contributed by atoms with van der Waals surface area (Å²) in [5, 5.41) is 11.1. The second kappa shape index (κ2) is 6.61. The van der Waals surface area contributed by atoms with E-state index in [1.54, 1.807) is 14.1 Å². The van der Waals surface area contributed by atoms with E-state index >= 15 is 0 Å². The number of carboxylic acids is 1. The Labute approximate surface area is 108 Å². The second-order valence-corrected chi connectivity index (χ2v) is 5.51. The van der Waals surface area contributed by atoms with Crippen molar-refractivity contribution in [1.82, 2.24) is 9.88 Å². The van der Waals surface area contributed by atoms with E-state index in [9.17, 15) is 9.59 Å². The molecule has 0 atom stereocenters. The highest BCUT2D eigenvalue weighted by Gasteiger charge is 2.09. The Balaban J connectivity index is 2.42. The molecule has 1 heterocycles. The minimum absolute atomic E-state index is 0.0177. The summed E-state index contributed by atoms with van der Waals surface area (Å²) in [6.07, 6.45) is 0.307. The minimum atomic E-state index is -0.826. The maximum atomic E-state index is 11.4. The molecule has 1 amide bonds. The van der Waals surface area contributed by atoms with Crippen molar-refractivity contribution in [3.63, 3.8) is 0 Å². The SMILES string of the molecule is CN(C)C(=O)Cc1nc(CSCC(=O)O)cs1. The van der Waals surface area contributed by atoms with Crippen LogP contribution in [0.5, 0.6) is 0 Å². The van der Waals surface area contributed by atoms with Crippen LogP contribution in [0.2, 0.25) is 0 Å². The molecule has 0 aliphatic carbocycles. The molecule has 94 valence electrons. The predicted octanol–water partition coefficient (Wildman–Crippen LogP) is 1.09. The molecule has 0 saturated carbocycles. The number of aromatic nitrogens is 1. The van der Waals surface area contributed by atoms with Gasteiger partial charge >= 0.3 is 5.97 Å². The van der Waals surface area contributed by atoms with Crippen molar-refractivity contribution in [1.29, 1.82) is 0 Å². The molecule has 0 aliphatic rings. The van der Waals surface area contributed by atoms with Gasteiger partial charge in [-0.3, -0.25) is 9.59 Å². The molecule has 17 heavy (non-hydrogen) atoms. The summed E-state index contributed by atoms with van der Waals surface area (Å²) < 4.78 is 0. The Hall–Kier alpha value is -1.08. The zero-order valence-electron chi connectivity index (χ0n) is 9.67. The third-order valence-corrected chi connectivity index (χ3v) is 3.72. The van der Waals surface area contributed by atoms with E-state index in [1.165, 1.54) is 28.0 Å². The van der Waals surface area contributed by atoms with E-state index in [1.807, 2.05) is 5.38 Å². The summed E-state index contributed by atoms with van der Waals surface area (Å²) in [5.74, 6) is -0.167.